The fraction of sp³-hybridized carbons (Fsp3) is 0.231. The van der Waals surface area contributed by atoms with E-state index in [1.54, 1.807) is 24.3 Å². The second kappa shape index (κ2) is 5.43. The van der Waals surface area contributed by atoms with Crippen molar-refractivity contribution in [1.82, 2.24) is 0 Å². The smallest absolute Gasteiger partial charge is 0.317 e. The molecule has 1 aliphatic rings. The van der Waals surface area contributed by atoms with Crippen molar-refractivity contribution in [2.75, 3.05) is 6.61 Å². The molecule has 1 aliphatic heterocycles. The lowest BCUT2D eigenvalue weighted by Gasteiger charge is -1.98. The van der Waals surface area contributed by atoms with E-state index < -0.39 is 16.8 Å². The van der Waals surface area contributed by atoms with Crippen LogP contribution in [0.1, 0.15) is 12.0 Å². The first kappa shape index (κ1) is 12.9. The van der Waals surface area contributed by atoms with E-state index in [2.05, 4.69) is 4.74 Å². The molecule has 98 valence electrons. The van der Waals surface area contributed by atoms with Gasteiger partial charge in [0.1, 0.15) is 5.92 Å². The summed E-state index contributed by atoms with van der Waals surface area (Å²) >= 11 is 0. The number of carbonyl (C=O) groups is 2. The van der Waals surface area contributed by atoms with Gasteiger partial charge in [0, 0.05) is 12.1 Å². The highest BCUT2D eigenvalue weighted by molar-refractivity contribution is 6.04. The number of ketones is 1. The number of hydrogen-bond donors (Lipinski definition) is 0. The van der Waals surface area contributed by atoms with Crippen LogP contribution in [0.3, 0.4) is 0 Å². The number of benzene rings is 1. The summed E-state index contributed by atoms with van der Waals surface area (Å²) in [5.41, 5.74) is 0.788. The predicted molar refractivity (Wildman–Crippen MR) is 66.2 cm³/mol. The molecule has 6 nitrogen and oxygen atoms in total. The van der Waals surface area contributed by atoms with Gasteiger partial charge >= 0.3 is 5.97 Å². The van der Waals surface area contributed by atoms with Crippen molar-refractivity contribution in [1.29, 1.82) is 0 Å². The van der Waals surface area contributed by atoms with Crippen LogP contribution >= 0.6 is 0 Å². The highest BCUT2D eigenvalue weighted by atomic mass is 16.6. The first-order valence-corrected chi connectivity index (χ1v) is 5.68. The molecule has 19 heavy (non-hydrogen) atoms. The summed E-state index contributed by atoms with van der Waals surface area (Å²) < 4.78 is 4.63. The molecule has 1 aromatic carbocycles. The number of esters is 1. The average molecular weight is 261 g/mol. The average Bonchev–Trinajstić information content (AvgIpc) is 2.71. The number of nitro benzene ring substituents is 1. The van der Waals surface area contributed by atoms with E-state index in [0.717, 1.165) is 5.56 Å². The maximum absolute atomic E-state index is 11.3. The Kier molecular flexibility index (Phi) is 3.70. The van der Waals surface area contributed by atoms with Crippen molar-refractivity contribution in [2.45, 2.75) is 6.42 Å². The molecule has 0 amide bonds. The van der Waals surface area contributed by atoms with Crippen molar-refractivity contribution in [3.63, 3.8) is 0 Å². The number of hydrogen-bond acceptors (Lipinski definition) is 5. The van der Waals surface area contributed by atoms with E-state index in [1.807, 2.05) is 0 Å². The molecule has 1 atom stereocenters. The van der Waals surface area contributed by atoms with E-state index in [0.29, 0.717) is 0 Å². The van der Waals surface area contributed by atoms with Gasteiger partial charge in [-0.15, -0.1) is 0 Å². The maximum Gasteiger partial charge on any atom is 0.317 e. The quantitative estimate of drug-likeness (QED) is 0.356. The lowest BCUT2D eigenvalue weighted by molar-refractivity contribution is -0.384. The summed E-state index contributed by atoms with van der Waals surface area (Å²) in [6.45, 7) is -0.144. The van der Waals surface area contributed by atoms with Gasteiger partial charge in [0.15, 0.2) is 12.4 Å². The third-order valence-electron chi connectivity index (χ3n) is 2.82. The van der Waals surface area contributed by atoms with Gasteiger partial charge in [-0.2, -0.15) is 0 Å². The van der Waals surface area contributed by atoms with Gasteiger partial charge in [0.2, 0.25) is 0 Å². The summed E-state index contributed by atoms with van der Waals surface area (Å²) in [5, 5.41) is 10.5. The normalized spacial score (nSPS) is 18.8. The van der Waals surface area contributed by atoms with Crippen LogP contribution in [0.2, 0.25) is 0 Å². The Labute approximate surface area is 108 Å². The Bertz CT molecular complexity index is 531. The van der Waals surface area contributed by atoms with Crippen LogP contribution in [-0.2, 0) is 14.3 Å². The van der Waals surface area contributed by atoms with Crippen molar-refractivity contribution < 1.29 is 19.2 Å². The number of non-ortho nitro benzene ring substituents is 1. The molecule has 0 aliphatic carbocycles. The third-order valence-corrected chi connectivity index (χ3v) is 2.82. The molecular formula is C13H11NO5. The van der Waals surface area contributed by atoms with Crippen molar-refractivity contribution >= 4 is 23.5 Å². The predicted octanol–water partition coefficient (Wildman–Crippen LogP) is 1.74. The minimum absolute atomic E-state index is 0.0201. The molecule has 6 heteroatoms. The standard InChI is InChI=1S/C13H11NO5/c15-12-8-19-13(16)11(12)3-1-2-9-4-6-10(7-5-9)14(17)18/h1-2,4-7,11H,3,8H2/b2-1+. The number of nitrogens with zero attached hydrogens (tertiary/aromatic N) is 1. The topological polar surface area (TPSA) is 86.5 Å². The van der Waals surface area contributed by atoms with Crippen LogP contribution in [0.4, 0.5) is 5.69 Å². The van der Waals surface area contributed by atoms with Crippen molar-refractivity contribution in [2.24, 2.45) is 5.92 Å². The zero-order chi connectivity index (χ0) is 13.8. The Balaban J connectivity index is 1.97. The minimum atomic E-state index is -0.714. The van der Waals surface area contributed by atoms with E-state index in [9.17, 15) is 19.7 Å². The lowest BCUT2D eigenvalue weighted by Crippen LogP contribution is -2.13. The molecule has 0 radical (unpaired) electrons. The lowest BCUT2D eigenvalue weighted by atomic mass is 10.0. The van der Waals surface area contributed by atoms with E-state index >= 15 is 0 Å². The monoisotopic (exact) mass is 261 g/mol. The number of allylic oxidation sites excluding steroid dienone is 1. The number of rotatable bonds is 4. The Morgan fingerprint density at radius 1 is 1.32 bits per heavy atom. The van der Waals surface area contributed by atoms with Gasteiger partial charge in [0.25, 0.3) is 5.69 Å². The highest BCUT2D eigenvalue weighted by Gasteiger charge is 2.33. The third kappa shape index (κ3) is 3.04. The molecule has 1 saturated heterocycles. The second-order valence-corrected chi connectivity index (χ2v) is 4.11. The zero-order valence-electron chi connectivity index (χ0n) is 9.94. The molecule has 1 heterocycles. The first-order chi connectivity index (χ1) is 9.08. The van der Waals surface area contributed by atoms with Crippen LogP contribution in [0.15, 0.2) is 30.3 Å². The molecule has 1 fully saturated rings. The number of cyclic esters (lactones) is 1. The minimum Gasteiger partial charge on any atom is -0.457 e. The van der Waals surface area contributed by atoms with Crippen molar-refractivity contribution in [3.05, 3.63) is 46.0 Å². The molecule has 0 spiro atoms. The largest absolute Gasteiger partial charge is 0.457 e. The fourth-order valence-electron chi connectivity index (χ4n) is 1.75. The Morgan fingerprint density at radius 2 is 2.00 bits per heavy atom. The number of Topliss-reactive ketones (excluding diaryl/α,β-unsaturated/α-hetero) is 1. The molecule has 0 aromatic heterocycles. The molecule has 1 unspecified atom stereocenters. The van der Waals surface area contributed by atoms with Crippen LogP contribution in [0.25, 0.3) is 6.08 Å². The molecule has 0 saturated carbocycles. The van der Waals surface area contributed by atoms with E-state index in [-0.39, 0.29) is 24.5 Å². The second-order valence-electron chi connectivity index (χ2n) is 4.11. The van der Waals surface area contributed by atoms with Gasteiger partial charge in [-0.1, -0.05) is 12.2 Å². The molecule has 2 rings (SSSR count). The van der Waals surface area contributed by atoms with E-state index in [4.69, 9.17) is 0 Å². The Hall–Kier alpha value is -2.50. The summed E-state index contributed by atoms with van der Waals surface area (Å²) in [6.07, 6.45) is 3.69. The number of carbonyl (C=O) groups excluding carboxylic acids is 2. The molecule has 0 bridgehead atoms. The SMILES string of the molecule is O=C1COC(=O)C1C/C=C/c1ccc([N+](=O)[O-])cc1. The van der Waals surface area contributed by atoms with Gasteiger partial charge in [-0.3, -0.25) is 19.7 Å². The van der Waals surface area contributed by atoms with E-state index in [1.165, 1.54) is 12.1 Å². The van der Waals surface area contributed by atoms with Crippen LogP contribution in [0, 0.1) is 16.0 Å². The Morgan fingerprint density at radius 3 is 2.53 bits per heavy atom. The fourth-order valence-corrected chi connectivity index (χ4v) is 1.75. The first-order valence-electron chi connectivity index (χ1n) is 5.68. The summed E-state index contributed by atoms with van der Waals surface area (Å²) in [5.74, 6) is -1.41. The maximum atomic E-state index is 11.3. The summed E-state index contributed by atoms with van der Waals surface area (Å²) in [6, 6.07) is 6.00. The van der Waals surface area contributed by atoms with Crippen LogP contribution < -0.4 is 0 Å². The highest BCUT2D eigenvalue weighted by Crippen LogP contribution is 2.17. The number of ether oxygens (including phenoxy) is 1. The number of nitro groups is 1. The van der Waals surface area contributed by atoms with Gasteiger partial charge in [-0.05, 0) is 24.1 Å². The van der Waals surface area contributed by atoms with Gasteiger partial charge in [0.05, 0.1) is 4.92 Å². The summed E-state index contributed by atoms with van der Waals surface area (Å²) in [4.78, 5) is 32.5. The van der Waals surface area contributed by atoms with Crippen molar-refractivity contribution in [3.8, 4) is 0 Å². The summed E-state index contributed by atoms with van der Waals surface area (Å²) in [7, 11) is 0. The molecular weight excluding hydrogens is 250 g/mol. The van der Waals surface area contributed by atoms with Crippen LogP contribution in [-0.4, -0.2) is 23.3 Å². The molecule has 0 N–H and O–H groups in total. The van der Waals surface area contributed by atoms with Crippen LogP contribution in [0.5, 0.6) is 0 Å². The molecule has 1 aromatic rings. The zero-order valence-corrected chi connectivity index (χ0v) is 9.94. The van der Waals surface area contributed by atoms with Gasteiger partial charge in [-0.25, -0.2) is 0 Å². The van der Waals surface area contributed by atoms with Gasteiger partial charge < -0.3 is 4.74 Å².